The van der Waals surface area contributed by atoms with Crippen LogP contribution >= 0.6 is 0 Å². The van der Waals surface area contributed by atoms with Gasteiger partial charge in [0.05, 0.1) is 23.8 Å². The topological polar surface area (TPSA) is 31.0 Å². The fourth-order valence-electron chi connectivity index (χ4n) is 3.43. The Balaban J connectivity index is 1.73. The van der Waals surface area contributed by atoms with Crippen LogP contribution in [0, 0.1) is 0 Å². The van der Waals surface area contributed by atoms with Gasteiger partial charge in [-0.3, -0.25) is 0 Å². The van der Waals surface area contributed by atoms with Crippen LogP contribution in [0.15, 0.2) is 89.5 Å². The van der Waals surface area contributed by atoms with Gasteiger partial charge in [0.25, 0.3) is 0 Å². The van der Waals surface area contributed by atoms with Crippen molar-refractivity contribution in [3.8, 4) is 11.6 Å². The highest BCUT2D eigenvalue weighted by Crippen LogP contribution is 2.28. The minimum absolute atomic E-state index is 0.748. The van der Waals surface area contributed by atoms with E-state index in [0.717, 1.165) is 29.2 Å². The third-order valence-corrected chi connectivity index (χ3v) is 4.60. The Morgan fingerprint density at radius 1 is 0.800 bits per heavy atom. The second-order valence-corrected chi connectivity index (χ2v) is 6.13. The highest BCUT2D eigenvalue weighted by Gasteiger charge is 2.15. The second kappa shape index (κ2) is 5.64. The van der Waals surface area contributed by atoms with Crippen molar-refractivity contribution in [1.82, 2.24) is 9.55 Å². The first-order chi connectivity index (χ1) is 12.4. The fourth-order valence-corrected chi connectivity index (χ4v) is 3.43. The van der Waals surface area contributed by atoms with E-state index in [1.165, 1.54) is 16.3 Å². The molecule has 0 aliphatic rings. The molecule has 5 aromatic rings. The van der Waals surface area contributed by atoms with Gasteiger partial charge in [0, 0.05) is 0 Å². The maximum Gasteiger partial charge on any atom is 0.177 e. The Hall–Kier alpha value is -3.33. The number of nitrogens with zero attached hydrogens (tertiary/aromatic N) is 2. The quantitative estimate of drug-likeness (QED) is 0.439. The molecule has 0 amide bonds. The van der Waals surface area contributed by atoms with E-state index in [1.807, 2.05) is 24.3 Å². The lowest BCUT2D eigenvalue weighted by molar-refractivity contribution is 0.573. The summed E-state index contributed by atoms with van der Waals surface area (Å²) in [6.07, 6.45) is 1.69. The summed E-state index contributed by atoms with van der Waals surface area (Å²) in [6, 6.07) is 27.0. The summed E-state index contributed by atoms with van der Waals surface area (Å²) in [6.45, 7) is 0.748. The van der Waals surface area contributed by atoms with E-state index in [-0.39, 0.29) is 0 Å². The average Bonchev–Trinajstić information content (AvgIpc) is 3.30. The van der Waals surface area contributed by atoms with Gasteiger partial charge in [-0.05, 0) is 40.6 Å². The normalized spacial score (nSPS) is 11.4. The number of para-hydroxylation sites is 2. The van der Waals surface area contributed by atoms with E-state index in [9.17, 15) is 0 Å². The number of rotatable bonds is 3. The van der Waals surface area contributed by atoms with E-state index in [1.54, 1.807) is 6.26 Å². The van der Waals surface area contributed by atoms with Gasteiger partial charge in [0.1, 0.15) is 0 Å². The Labute approximate surface area is 145 Å². The lowest BCUT2D eigenvalue weighted by Crippen LogP contribution is -2.02. The zero-order chi connectivity index (χ0) is 16.6. The van der Waals surface area contributed by atoms with Crippen molar-refractivity contribution < 1.29 is 4.42 Å². The van der Waals surface area contributed by atoms with Gasteiger partial charge in [-0.15, -0.1) is 0 Å². The van der Waals surface area contributed by atoms with Crippen molar-refractivity contribution in [2.75, 3.05) is 0 Å². The molecule has 2 heterocycles. The molecule has 0 aliphatic heterocycles. The van der Waals surface area contributed by atoms with Crippen LogP contribution in [0.5, 0.6) is 0 Å². The summed E-state index contributed by atoms with van der Waals surface area (Å²) in [5, 5.41) is 2.53. The summed E-state index contributed by atoms with van der Waals surface area (Å²) >= 11 is 0. The Morgan fingerprint density at radius 3 is 2.56 bits per heavy atom. The summed E-state index contributed by atoms with van der Waals surface area (Å²) in [5.41, 5.74) is 3.37. The molecule has 120 valence electrons. The highest BCUT2D eigenvalue weighted by atomic mass is 16.3. The summed E-state index contributed by atoms with van der Waals surface area (Å²) in [7, 11) is 0. The zero-order valence-corrected chi connectivity index (χ0v) is 13.6. The van der Waals surface area contributed by atoms with E-state index in [4.69, 9.17) is 9.40 Å². The van der Waals surface area contributed by atoms with Crippen LogP contribution in [0.2, 0.25) is 0 Å². The molecule has 5 rings (SSSR count). The molecule has 0 saturated heterocycles. The first-order valence-corrected chi connectivity index (χ1v) is 8.36. The van der Waals surface area contributed by atoms with E-state index >= 15 is 0 Å². The van der Waals surface area contributed by atoms with Crippen molar-refractivity contribution in [1.29, 1.82) is 0 Å². The third kappa shape index (κ3) is 2.32. The predicted molar refractivity (Wildman–Crippen MR) is 100 cm³/mol. The molecule has 25 heavy (non-hydrogen) atoms. The molecule has 0 atom stereocenters. The molecule has 3 heteroatoms. The number of imidazole rings is 1. The van der Waals surface area contributed by atoms with Gasteiger partial charge >= 0.3 is 0 Å². The molecule has 0 spiro atoms. The minimum atomic E-state index is 0.748. The van der Waals surface area contributed by atoms with Crippen LogP contribution in [-0.2, 0) is 6.54 Å². The molecular formula is C22H16N2O. The molecule has 0 aliphatic carbocycles. The van der Waals surface area contributed by atoms with Gasteiger partial charge in [-0.1, -0.05) is 54.6 Å². The van der Waals surface area contributed by atoms with Crippen LogP contribution in [0.4, 0.5) is 0 Å². The highest BCUT2D eigenvalue weighted by molar-refractivity contribution is 5.86. The van der Waals surface area contributed by atoms with Gasteiger partial charge in [0.2, 0.25) is 0 Å². The van der Waals surface area contributed by atoms with E-state index < -0.39 is 0 Å². The summed E-state index contributed by atoms with van der Waals surface area (Å²) in [5.74, 6) is 1.65. The van der Waals surface area contributed by atoms with Gasteiger partial charge in [-0.25, -0.2) is 4.98 Å². The molecule has 0 unspecified atom stereocenters. The Bertz CT molecular complexity index is 1160. The summed E-state index contributed by atoms with van der Waals surface area (Å²) < 4.78 is 7.86. The maximum atomic E-state index is 5.63. The van der Waals surface area contributed by atoms with E-state index in [0.29, 0.717) is 0 Å². The molecule has 0 saturated carbocycles. The van der Waals surface area contributed by atoms with Crippen LogP contribution in [0.1, 0.15) is 5.56 Å². The van der Waals surface area contributed by atoms with Crippen molar-refractivity contribution in [3.63, 3.8) is 0 Å². The number of furan rings is 1. The van der Waals surface area contributed by atoms with Gasteiger partial charge in [0.15, 0.2) is 11.6 Å². The molecular weight excluding hydrogens is 308 g/mol. The molecule has 3 aromatic carbocycles. The van der Waals surface area contributed by atoms with Crippen molar-refractivity contribution >= 4 is 21.8 Å². The van der Waals surface area contributed by atoms with Crippen LogP contribution < -0.4 is 0 Å². The molecule has 0 radical (unpaired) electrons. The Morgan fingerprint density at radius 2 is 1.64 bits per heavy atom. The standard InChI is InChI=1S/C22H16N2O/c1-2-10-18-16(7-1)8-5-9-17(18)15-24-20-12-4-3-11-19(20)23-22(24)21-13-6-14-25-21/h1-14H,15H2. The van der Waals surface area contributed by atoms with Gasteiger partial charge < -0.3 is 8.98 Å². The fraction of sp³-hybridized carbons (Fsp3) is 0.0455. The van der Waals surface area contributed by atoms with Crippen molar-refractivity contribution in [2.24, 2.45) is 0 Å². The maximum absolute atomic E-state index is 5.63. The van der Waals surface area contributed by atoms with Crippen LogP contribution in [-0.4, -0.2) is 9.55 Å². The first-order valence-electron chi connectivity index (χ1n) is 8.36. The molecule has 0 bridgehead atoms. The average molecular weight is 324 g/mol. The molecule has 3 nitrogen and oxygen atoms in total. The second-order valence-electron chi connectivity index (χ2n) is 6.13. The molecule has 0 N–H and O–H groups in total. The number of hydrogen-bond acceptors (Lipinski definition) is 2. The van der Waals surface area contributed by atoms with Crippen molar-refractivity contribution in [3.05, 3.63) is 90.7 Å². The van der Waals surface area contributed by atoms with Crippen molar-refractivity contribution in [2.45, 2.75) is 6.54 Å². The molecule has 2 aromatic heterocycles. The van der Waals surface area contributed by atoms with E-state index in [2.05, 4.69) is 59.2 Å². The smallest absolute Gasteiger partial charge is 0.177 e. The lowest BCUT2D eigenvalue weighted by Gasteiger charge is -2.11. The lowest BCUT2D eigenvalue weighted by atomic mass is 10.0. The summed E-state index contributed by atoms with van der Waals surface area (Å²) in [4.78, 5) is 4.80. The number of hydrogen-bond donors (Lipinski definition) is 0. The predicted octanol–water partition coefficient (Wildman–Crippen LogP) is 5.50. The number of aromatic nitrogens is 2. The molecule has 0 fully saturated rings. The zero-order valence-electron chi connectivity index (χ0n) is 13.6. The minimum Gasteiger partial charge on any atom is -0.461 e. The Kier molecular flexibility index (Phi) is 3.17. The first kappa shape index (κ1) is 14.1. The monoisotopic (exact) mass is 324 g/mol. The number of benzene rings is 3. The SMILES string of the molecule is c1coc(-c2nc3ccccc3n2Cc2cccc3ccccc23)c1. The van der Waals surface area contributed by atoms with Crippen LogP contribution in [0.25, 0.3) is 33.4 Å². The van der Waals surface area contributed by atoms with Crippen LogP contribution in [0.3, 0.4) is 0 Å². The largest absolute Gasteiger partial charge is 0.461 e. The van der Waals surface area contributed by atoms with Gasteiger partial charge in [-0.2, -0.15) is 0 Å². The number of fused-ring (bicyclic) bond motifs is 2. The third-order valence-electron chi connectivity index (χ3n) is 4.60.